The minimum Gasteiger partial charge on any atom is -0.207 e. The summed E-state index contributed by atoms with van der Waals surface area (Å²) in [4.78, 5) is 0. The first-order valence-corrected chi connectivity index (χ1v) is 9.77. The molecule has 0 amide bonds. The molecule has 0 saturated carbocycles. The van der Waals surface area contributed by atoms with Gasteiger partial charge in [-0.15, -0.1) is 11.2 Å². The maximum absolute atomic E-state index is 13.4. The van der Waals surface area contributed by atoms with Crippen LogP contribution in [0.25, 0.3) is 0 Å². The van der Waals surface area contributed by atoms with E-state index in [2.05, 4.69) is 0 Å². The fourth-order valence-corrected chi connectivity index (χ4v) is 5.88. The highest BCUT2D eigenvalue weighted by Crippen LogP contribution is 2.36. The van der Waals surface area contributed by atoms with E-state index in [0.29, 0.717) is 22.9 Å². The molecule has 7 heteroatoms. The highest BCUT2D eigenvalue weighted by Gasteiger charge is 2.17. The zero-order valence-corrected chi connectivity index (χ0v) is 13.4. The molecule has 0 nitrogen and oxygen atoms in total. The molecule has 1 unspecified atom stereocenters. The number of rotatable bonds is 5. The lowest BCUT2D eigenvalue weighted by atomic mass is 10.3. The Bertz CT molecular complexity index is 544. The maximum Gasteiger partial charge on any atom is 0.126 e. The molecule has 2 aromatic carbocycles. The van der Waals surface area contributed by atoms with E-state index in [0.717, 1.165) is 12.1 Å². The van der Waals surface area contributed by atoms with Gasteiger partial charge in [0, 0.05) is 12.1 Å². The van der Waals surface area contributed by atoms with Crippen LogP contribution in [0, 0.1) is 23.3 Å². The van der Waals surface area contributed by atoms with Gasteiger partial charge in [-0.2, -0.15) is 0 Å². The first-order chi connectivity index (χ1) is 9.99. The number of hydrogen-bond acceptors (Lipinski definition) is 0. The van der Waals surface area contributed by atoms with Crippen molar-refractivity contribution in [3.63, 3.8) is 0 Å². The van der Waals surface area contributed by atoms with Gasteiger partial charge >= 0.3 is 0 Å². The average molecular weight is 353 g/mol. The molecule has 0 bridgehead atoms. The quantitative estimate of drug-likeness (QED) is 0.549. The molecule has 112 valence electrons. The summed E-state index contributed by atoms with van der Waals surface area (Å²) >= 11 is 5.69. The highest BCUT2D eigenvalue weighted by molar-refractivity contribution is 7.74. The first-order valence-electron chi connectivity index (χ1n) is 6.03. The molecule has 0 aromatic heterocycles. The standard InChI is InChI=1S/C14H11ClF4P2/c15-20-1-2-21(13-5-9(16)3-10(17)6-13)14-7-11(18)4-12(19)8-14/h3-8,20H,1-2H2. The molecule has 0 radical (unpaired) electrons. The Balaban J connectivity index is 2.46. The summed E-state index contributed by atoms with van der Waals surface area (Å²) in [5.41, 5.74) is 0. The molecule has 0 aliphatic heterocycles. The van der Waals surface area contributed by atoms with Gasteiger partial charge < -0.3 is 0 Å². The van der Waals surface area contributed by atoms with Crippen molar-refractivity contribution in [2.75, 3.05) is 12.3 Å². The summed E-state index contributed by atoms with van der Waals surface area (Å²) < 4.78 is 53.5. The van der Waals surface area contributed by atoms with Crippen molar-refractivity contribution in [1.82, 2.24) is 0 Å². The molecule has 0 N–H and O–H groups in total. The Morgan fingerprint density at radius 3 is 1.48 bits per heavy atom. The summed E-state index contributed by atoms with van der Waals surface area (Å²) in [6, 6.07) is 6.35. The van der Waals surface area contributed by atoms with E-state index in [9.17, 15) is 17.6 Å². The minimum atomic E-state index is -1.26. The lowest BCUT2D eigenvalue weighted by Gasteiger charge is -2.18. The highest BCUT2D eigenvalue weighted by atomic mass is 35.7. The molecule has 0 fully saturated rings. The molecule has 1 atom stereocenters. The van der Waals surface area contributed by atoms with Crippen molar-refractivity contribution in [2.45, 2.75) is 0 Å². The van der Waals surface area contributed by atoms with Crippen LogP contribution in [-0.2, 0) is 0 Å². The maximum atomic E-state index is 13.4. The number of hydrogen-bond donors (Lipinski definition) is 0. The summed E-state index contributed by atoms with van der Waals surface area (Å²) in [5.74, 6) is -2.82. The lowest BCUT2D eigenvalue weighted by molar-refractivity contribution is 0.585. The van der Waals surface area contributed by atoms with Gasteiger partial charge in [0.2, 0.25) is 0 Å². The van der Waals surface area contributed by atoms with Gasteiger partial charge in [0.1, 0.15) is 23.3 Å². The number of benzene rings is 2. The molecule has 0 saturated heterocycles. The van der Waals surface area contributed by atoms with E-state index in [-0.39, 0.29) is 7.93 Å². The largest absolute Gasteiger partial charge is 0.207 e. The molecular weight excluding hydrogens is 342 g/mol. The van der Waals surface area contributed by atoms with Crippen molar-refractivity contribution in [3.05, 3.63) is 59.7 Å². The first kappa shape index (κ1) is 16.7. The zero-order valence-electron chi connectivity index (χ0n) is 10.7. The van der Waals surface area contributed by atoms with Crippen LogP contribution in [0.15, 0.2) is 36.4 Å². The Labute approximate surface area is 127 Å². The van der Waals surface area contributed by atoms with Crippen LogP contribution in [-0.4, -0.2) is 12.3 Å². The summed E-state index contributed by atoms with van der Waals surface area (Å²) in [6.45, 7) is 0. The van der Waals surface area contributed by atoms with Crippen molar-refractivity contribution in [3.8, 4) is 0 Å². The molecule has 21 heavy (non-hydrogen) atoms. The smallest absolute Gasteiger partial charge is 0.126 e. The minimum absolute atomic E-state index is 0.143. The van der Waals surface area contributed by atoms with Crippen molar-refractivity contribution >= 4 is 37.7 Å². The van der Waals surface area contributed by atoms with E-state index in [1.807, 2.05) is 0 Å². The summed E-state index contributed by atoms with van der Waals surface area (Å²) in [6.07, 6.45) is 1.13. The van der Waals surface area contributed by atoms with Crippen LogP contribution in [0.3, 0.4) is 0 Å². The zero-order chi connectivity index (χ0) is 15.4. The van der Waals surface area contributed by atoms with Gasteiger partial charge in [-0.1, -0.05) is 0 Å². The van der Waals surface area contributed by atoms with E-state index in [4.69, 9.17) is 11.2 Å². The summed E-state index contributed by atoms with van der Waals surface area (Å²) in [5, 5.41) is 0.810. The van der Waals surface area contributed by atoms with Crippen LogP contribution in [0.2, 0.25) is 0 Å². The lowest BCUT2D eigenvalue weighted by Crippen LogP contribution is -2.17. The van der Waals surface area contributed by atoms with Gasteiger partial charge in [0.05, 0.1) is 0 Å². The Morgan fingerprint density at radius 2 is 1.14 bits per heavy atom. The van der Waals surface area contributed by atoms with E-state index in [1.54, 1.807) is 0 Å². The van der Waals surface area contributed by atoms with Gasteiger partial charge in [0.25, 0.3) is 0 Å². The SMILES string of the molecule is Fc1cc(F)cc(P(CCPCl)c2cc(F)cc(F)c2)c1. The molecule has 0 aliphatic carbocycles. The molecule has 0 spiro atoms. The Kier molecular flexibility index (Phi) is 5.98. The Hall–Kier alpha value is -0.690. The summed E-state index contributed by atoms with van der Waals surface area (Å²) in [7, 11) is -1.12. The van der Waals surface area contributed by atoms with Gasteiger partial charge in [0.15, 0.2) is 0 Å². The van der Waals surface area contributed by atoms with Gasteiger partial charge in [-0.3, -0.25) is 0 Å². The third-order valence-corrected chi connectivity index (χ3v) is 6.61. The van der Waals surface area contributed by atoms with E-state index < -0.39 is 31.2 Å². The molecule has 0 heterocycles. The number of halogens is 5. The topological polar surface area (TPSA) is 0 Å². The van der Waals surface area contributed by atoms with Crippen LogP contribution in [0.1, 0.15) is 0 Å². The van der Waals surface area contributed by atoms with Gasteiger partial charge in [-0.05, 0) is 63.1 Å². The third kappa shape index (κ3) is 4.64. The molecular formula is C14H11ClF4P2. The van der Waals surface area contributed by atoms with Gasteiger partial charge in [-0.25, -0.2) is 17.6 Å². The van der Waals surface area contributed by atoms with Crippen LogP contribution < -0.4 is 10.6 Å². The second-order valence-corrected chi connectivity index (χ2v) is 8.20. The van der Waals surface area contributed by atoms with Crippen molar-refractivity contribution in [2.24, 2.45) is 0 Å². The van der Waals surface area contributed by atoms with Crippen LogP contribution in [0.5, 0.6) is 0 Å². The predicted octanol–water partition coefficient (Wildman–Crippen LogP) is 4.51. The fraction of sp³-hybridized carbons (Fsp3) is 0.143. The second kappa shape index (κ2) is 7.54. The molecule has 2 rings (SSSR count). The van der Waals surface area contributed by atoms with E-state index in [1.165, 1.54) is 24.3 Å². The van der Waals surface area contributed by atoms with Crippen LogP contribution >= 0.6 is 27.1 Å². The second-order valence-electron chi connectivity index (χ2n) is 4.29. The van der Waals surface area contributed by atoms with E-state index >= 15 is 0 Å². The van der Waals surface area contributed by atoms with Crippen molar-refractivity contribution < 1.29 is 17.6 Å². The molecule has 0 aliphatic rings. The molecule has 2 aromatic rings. The van der Waals surface area contributed by atoms with Crippen molar-refractivity contribution in [1.29, 1.82) is 0 Å². The van der Waals surface area contributed by atoms with Crippen LogP contribution in [0.4, 0.5) is 17.6 Å². The third-order valence-electron chi connectivity index (χ3n) is 2.75. The monoisotopic (exact) mass is 352 g/mol. The normalized spacial score (nSPS) is 11.7. The average Bonchev–Trinajstić information content (AvgIpc) is 2.37. The fourth-order valence-electron chi connectivity index (χ4n) is 1.95. The Morgan fingerprint density at radius 1 is 0.762 bits per heavy atom. The predicted molar refractivity (Wildman–Crippen MR) is 82.8 cm³/mol.